The highest BCUT2D eigenvalue weighted by Gasteiger charge is 2.28. The maximum Gasteiger partial charge on any atom is 0.255 e. The van der Waals surface area contributed by atoms with Gasteiger partial charge in [-0.2, -0.15) is 4.31 Å². The van der Waals surface area contributed by atoms with Gasteiger partial charge in [0.25, 0.3) is 5.91 Å². The molecule has 0 spiro atoms. The van der Waals surface area contributed by atoms with Gasteiger partial charge < -0.3 is 10.1 Å². The van der Waals surface area contributed by atoms with E-state index in [1.54, 1.807) is 25.1 Å². The zero-order chi connectivity index (χ0) is 19.6. The Balaban J connectivity index is 1.88. The number of benzene rings is 2. The Labute approximate surface area is 167 Å². The molecule has 8 heteroatoms. The highest BCUT2D eigenvalue weighted by atomic mass is 79.9. The van der Waals surface area contributed by atoms with Crippen LogP contribution in [0.3, 0.4) is 0 Å². The molecule has 2 aromatic carbocycles. The summed E-state index contributed by atoms with van der Waals surface area (Å²) >= 11 is 3.42. The van der Waals surface area contributed by atoms with Crippen molar-refractivity contribution in [2.24, 2.45) is 0 Å². The van der Waals surface area contributed by atoms with Crippen molar-refractivity contribution in [3.8, 4) is 0 Å². The SMILES string of the molecule is Cc1cc(NC(=O)c2ccc(C)c(S(=O)(=O)N3CCOCC3)c2)ccc1Br. The fourth-order valence-electron chi connectivity index (χ4n) is 2.87. The van der Waals surface area contributed by atoms with Crippen LogP contribution < -0.4 is 5.32 Å². The Bertz CT molecular complexity index is 970. The zero-order valence-corrected chi connectivity index (χ0v) is 17.6. The van der Waals surface area contributed by atoms with E-state index in [0.29, 0.717) is 43.1 Å². The number of ether oxygens (including phenoxy) is 1. The first-order chi connectivity index (χ1) is 12.8. The molecule has 0 atom stereocenters. The fourth-order valence-corrected chi connectivity index (χ4v) is 4.78. The Morgan fingerprint density at radius 3 is 2.44 bits per heavy atom. The number of rotatable bonds is 4. The van der Waals surface area contributed by atoms with E-state index in [9.17, 15) is 13.2 Å². The standard InChI is InChI=1S/C19H21BrN2O4S/c1-13-3-4-15(19(23)21-16-5-6-17(20)14(2)11-16)12-18(13)27(24,25)22-7-9-26-10-8-22/h3-6,11-12H,7-10H2,1-2H3,(H,21,23). The van der Waals surface area contributed by atoms with Crippen molar-refractivity contribution in [3.63, 3.8) is 0 Å². The van der Waals surface area contributed by atoms with Gasteiger partial charge in [0.2, 0.25) is 10.0 Å². The maximum atomic E-state index is 13.0. The highest BCUT2D eigenvalue weighted by molar-refractivity contribution is 9.10. The van der Waals surface area contributed by atoms with E-state index in [0.717, 1.165) is 10.0 Å². The fraction of sp³-hybridized carbons (Fsp3) is 0.316. The maximum absolute atomic E-state index is 13.0. The van der Waals surface area contributed by atoms with E-state index in [-0.39, 0.29) is 10.8 Å². The number of nitrogens with zero attached hydrogens (tertiary/aromatic N) is 1. The van der Waals surface area contributed by atoms with Gasteiger partial charge in [0, 0.05) is 28.8 Å². The molecule has 27 heavy (non-hydrogen) atoms. The zero-order valence-electron chi connectivity index (χ0n) is 15.2. The van der Waals surface area contributed by atoms with E-state index < -0.39 is 10.0 Å². The largest absolute Gasteiger partial charge is 0.379 e. The topological polar surface area (TPSA) is 75.7 Å². The number of anilines is 1. The summed E-state index contributed by atoms with van der Waals surface area (Å²) in [6.45, 7) is 5.04. The monoisotopic (exact) mass is 452 g/mol. The molecule has 0 unspecified atom stereocenters. The molecule has 6 nitrogen and oxygen atoms in total. The minimum Gasteiger partial charge on any atom is -0.379 e. The van der Waals surface area contributed by atoms with E-state index in [1.807, 2.05) is 19.1 Å². The lowest BCUT2D eigenvalue weighted by Crippen LogP contribution is -2.40. The molecule has 3 rings (SSSR count). The molecule has 1 fully saturated rings. The average Bonchev–Trinajstić information content (AvgIpc) is 2.65. The molecule has 0 saturated carbocycles. The molecule has 1 amide bonds. The number of amides is 1. The summed E-state index contributed by atoms with van der Waals surface area (Å²) in [5, 5.41) is 2.82. The summed E-state index contributed by atoms with van der Waals surface area (Å²) in [5.74, 6) is -0.352. The van der Waals surface area contributed by atoms with Crippen LogP contribution in [0.1, 0.15) is 21.5 Å². The number of halogens is 1. The molecular weight excluding hydrogens is 432 g/mol. The van der Waals surface area contributed by atoms with Crippen molar-refractivity contribution in [3.05, 3.63) is 57.6 Å². The molecule has 0 aliphatic carbocycles. The van der Waals surface area contributed by atoms with Gasteiger partial charge in [0.1, 0.15) is 0 Å². The van der Waals surface area contributed by atoms with E-state index in [1.165, 1.54) is 10.4 Å². The second kappa shape index (κ2) is 8.10. The molecule has 1 saturated heterocycles. The predicted octanol–water partition coefficient (Wildman–Crippen LogP) is 3.34. The summed E-state index contributed by atoms with van der Waals surface area (Å²) in [6, 6.07) is 10.2. The van der Waals surface area contributed by atoms with Crippen LogP contribution in [0.25, 0.3) is 0 Å². The summed E-state index contributed by atoms with van der Waals surface area (Å²) < 4.78 is 33.5. The van der Waals surface area contributed by atoms with Crippen molar-refractivity contribution >= 4 is 37.5 Å². The van der Waals surface area contributed by atoms with Crippen LogP contribution >= 0.6 is 15.9 Å². The third-order valence-electron chi connectivity index (χ3n) is 4.45. The lowest BCUT2D eigenvalue weighted by Gasteiger charge is -2.26. The van der Waals surface area contributed by atoms with Crippen molar-refractivity contribution in [1.29, 1.82) is 0 Å². The van der Waals surface area contributed by atoms with Crippen molar-refractivity contribution in [2.45, 2.75) is 18.7 Å². The molecule has 0 radical (unpaired) electrons. The predicted molar refractivity (Wildman–Crippen MR) is 108 cm³/mol. The number of hydrogen-bond donors (Lipinski definition) is 1. The molecule has 144 valence electrons. The first-order valence-electron chi connectivity index (χ1n) is 8.55. The number of nitrogens with one attached hydrogen (secondary N) is 1. The van der Waals surface area contributed by atoms with Crippen LogP contribution in [0, 0.1) is 13.8 Å². The van der Waals surface area contributed by atoms with Gasteiger partial charge in [0.15, 0.2) is 0 Å². The quantitative estimate of drug-likeness (QED) is 0.771. The summed E-state index contributed by atoms with van der Waals surface area (Å²) in [4.78, 5) is 12.8. The molecule has 1 N–H and O–H groups in total. The second-order valence-electron chi connectivity index (χ2n) is 6.41. The summed E-state index contributed by atoms with van der Waals surface area (Å²) in [5.41, 5.74) is 2.55. The second-order valence-corrected chi connectivity index (χ2v) is 9.18. The molecule has 1 aliphatic heterocycles. The van der Waals surface area contributed by atoms with Crippen LogP contribution in [-0.2, 0) is 14.8 Å². The van der Waals surface area contributed by atoms with Gasteiger partial charge in [-0.3, -0.25) is 4.79 Å². The van der Waals surface area contributed by atoms with E-state index >= 15 is 0 Å². The van der Waals surface area contributed by atoms with Crippen molar-refractivity contribution in [2.75, 3.05) is 31.6 Å². The summed E-state index contributed by atoms with van der Waals surface area (Å²) in [6.07, 6.45) is 0. The summed E-state index contributed by atoms with van der Waals surface area (Å²) in [7, 11) is -3.67. The minimum absolute atomic E-state index is 0.157. The smallest absolute Gasteiger partial charge is 0.255 e. The van der Waals surface area contributed by atoms with Gasteiger partial charge in [-0.25, -0.2) is 8.42 Å². The molecule has 0 bridgehead atoms. The van der Waals surface area contributed by atoms with Gasteiger partial charge >= 0.3 is 0 Å². The van der Waals surface area contributed by atoms with Crippen LogP contribution in [0.4, 0.5) is 5.69 Å². The number of carbonyl (C=O) groups excluding carboxylic acids is 1. The number of sulfonamides is 1. The molecule has 1 heterocycles. The average molecular weight is 453 g/mol. The van der Waals surface area contributed by atoms with Crippen molar-refractivity contribution < 1.29 is 17.9 Å². The highest BCUT2D eigenvalue weighted by Crippen LogP contribution is 2.24. The Hall–Kier alpha value is -1.74. The van der Waals surface area contributed by atoms with Crippen LogP contribution in [0.15, 0.2) is 45.8 Å². The normalized spacial score (nSPS) is 15.5. The first kappa shape index (κ1) is 20.0. The number of aryl methyl sites for hydroxylation is 2. The van der Waals surface area contributed by atoms with Crippen molar-refractivity contribution in [1.82, 2.24) is 4.31 Å². The van der Waals surface area contributed by atoms with Crippen LogP contribution in [0.2, 0.25) is 0 Å². The first-order valence-corrected chi connectivity index (χ1v) is 10.8. The van der Waals surface area contributed by atoms with Gasteiger partial charge in [-0.05, 0) is 55.3 Å². The number of hydrogen-bond acceptors (Lipinski definition) is 4. The molecule has 1 aliphatic rings. The Morgan fingerprint density at radius 1 is 1.07 bits per heavy atom. The Kier molecular flexibility index (Phi) is 6.00. The molecule has 0 aromatic heterocycles. The van der Waals surface area contributed by atoms with Crippen LogP contribution in [-0.4, -0.2) is 44.9 Å². The Morgan fingerprint density at radius 2 is 1.78 bits per heavy atom. The third-order valence-corrected chi connectivity index (χ3v) is 7.38. The van der Waals surface area contributed by atoms with Gasteiger partial charge in [-0.15, -0.1) is 0 Å². The van der Waals surface area contributed by atoms with Gasteiger partial charge in [0.05, 0.1) is 18.1 Å². The van der Waals surface area contributed by atoms with E-state index in [2.05, 4.69) is 21.2 Å². The van der Waals surface area contributed by atoms with Crippen LogP contribution in [0.5, 0.6) is 0 Å². The van der Waals surface area contributed by atoms with E-state index in [4.69, 9.17) is 4.74 Å². The number of carbonyl (C=O) groups is 1. The van der Waals surface area contributed by atoms with Gasteiger partial charge in [-0.1, -0.05) is 22.0 Å². The third kappa shape index (κ3) is 4.40. The molecular formula is C19H21BrN2O4S. The lowest BCUT2D eigenvalue weighted by atomic mass is 10.1. The molecule has 2 aromatic rings. The minimum atomic E-state index is -3.67. The number of morpholine rings is 1. The lowest BCUT2D eigenvalue weighted by molar-refractivity contribution is 0.0730.